The predicted molar refractivity (Wildman–Crippen MR) is 194 cm³/mol. The van der Waals surface area contributed by atoms with E-state index in [1.165, 1.54) is 43.7 Å². The van der Waals surface area contributed by atoms with E-state index >= 15 is 0 Å². The van der Waals surface area contributed by atoms with E-state index in [0.717, 1.165) is 45.2 Å². The van der Waals surface area contributed by atoms with Gasteiger partial charge in [-0.2, -0.15) is 0 Å². The quantitative estimate of drug-likeness (QED) is 0.202. The van der Waals surface area contributed by atoms with Gasteiger partial charge < -0.3 is 4.57 Å². The summed E-state index contributed by atoms with van der Waals surface area (Å²) in [5, 5.41) is 4.95. The first-order valence-corrected chi connectivity index (χ1v) is 16.2. The van der Waals surface area contributed by atoms with Crippen molar-refractivity contribution in [1.82, 2.24) is 19.1 Å². The number of para-hydroxylation sites is 3. The number of hydrogen-bond donors (Lipinski definition) is 0. The fourth-order valence-electron chi connectivity index (χ4n) is 8.00. The van der Waals surface area contributed by atoms with Crippen molar-refractivity contribution >= 4 is 43.6 Å². The number of benzene rings is 6. The van der Waals surface area contributed by atoms with Gasteiger partial charge >= 0.3 is 0 Å². The lowest BCUT2D eigenvalue weighted by Gasteiger charge is -2.21. The highest BCUT2D eigenvalue weighted by Gasteiger charge is 2.40. The van der Waals surface area contributed by atoms with Gasteiger partial charge in [-0.25, -0.2) is 9.97 Å². The molecule has 47 heavy (non-hydrogen) atoms. The van der Waals surface area contributed by atoms with Gasteiger partial charge in [-0.15, -0.1) is 0 Å². The summed E-state index contributed by atoms with van der Waals surface area (Å²) in [6.45, 7) is 4.58. The minimum atomic E-state index is -0.276. The number of fused-ring (bicyclic) bond motifs is 10. The van der Waals surface area contributed by atoms with Crippen molar-refractivity contribution in [2.24, 2.45) is 0 Å². The summed E-state index contributed by atoms with van der Waals surface area (Å²) in [5.74, 6) is 1.66. The Labute approximate surface area is 272 Å². The van der Waals surface area contributed by atoms with E-state index in [1.54, 1.807) is 0 Å². The lowest BCUT2D eigenvalue weighted by Crippen LogP contribution is -2.18. The standard InChI is InChI=1S/C43H30N4/c1-43(2)32-22-12-9-19-29(32)39-40(43)44-41(27-15-5-3-6-16-27)45-42(39)47-34-24-14-11-21-31(34)38-36(47)26-25-35-37(38)30-20-10-13-23-33(30)46(35)28-17-7-4-8-18-28/h3-26H,1-2H3. The number of aromatic nitrogens is 4. The van der Waals surface area contributed by atoms with Crippen LogP contribution < -0.4 is 0 Å². The first kappa shape index (κ1) is 26.2. The molecule has 0 atom stereocenters. The Morgan fingerprint density at radius 3 is 1.74 bits per heavy atom. The van der Waals surface area contributed by atoms with Crippen molar-refractivity contribution in [2.75, 3.05) is 0 Å². The minimum Gasteiger partial charge on any atom is -0.309 e. The zero-order valence-corrected chi connectivity index (χ0v) is 26.1. The predicted octanol–water partition coefficient (Wildman–Crippen LogP) is 10.6. The summed E-state index contributed by atoms with van der Waals surface area (Å²) in [5.41, 5.74) is 11.2. The summed E-state index contributed by atoms with van der Waals surface area (Å²) in [7, 11) is 0. The summed E-state index contributed by atoms with van der Waals surface area (Å²) in [6.07, 6.45) is 0. The van der Waals surface area contributed by atoms with Gasteiger partial charge in [0.2, 0.25) is 0 Å². The molecule has 4 heteroatoms. The molecule has 222 valence electrons. The summed E-state index contributed by atoms with van der Waals surface area (Å²) in [4.78, 5) is 10.8. The molecule has 0 N–H and O–H groups in total. The molecule has 0 unspecified atom stereocenters. The summed E-state index contributed by atoms with van der Waals surface area (Å²) < 4.78 is 4.79. The summed E-state index contributed by atoms with van der Waals surface area (Å²) >= 11 is 0. The molecular weight excluding hydrogens is 573 g/mol. The van der Waals surface area contributed by atoms with E-state index in [0.29, 0.717) is 0 Å². The Bertz CT molecular complexity index is 2700. The normalized spacial score (nSPS) is 13.5. The van der Waals surface area contributed by atoms with Crippen LogP contribution in [0.15, 0.2) is 146 Å². The van der Waals surface area contributed by atoms with E-state index in [-0.39, 0.29) is 5.41 Å². The molecule has 0 saturated carbocycles. The van der Waals surface area contributed by atoms with Crippen molar-refractivity contribution in [1.29, 1.82) is 0 Å². The van der Waals surface area contributed by atoms with Crippen LogP contribution in [0.4, 0.5) is 0 Å². The highest BCUT2D eigenvalue weighted by atomic mass is 15.1. The van der Waals surface area contributed by atoms with Crippen molar-refractivity contribution in [2.45, 2.75) is 19.3 Å². The Hall–Kier alpha value is -6.00. The van der Waals surface area contributed by atoms with Crippen LogP contribution in [0.25, 0.3) is 77.6 Å². The van der Waals surface area contributed by atoms with E-state index in [1.807, 2.05) is 6.07 Å². The van der Waals surface area contributed by atoms with Crippen LogP contribution in [-0.4, -0.2) is 19.1 Å². The molecule has 1 aliphatic rings. The van der Waals surface area contributed by atoms with Crippen molar-refractivity contribution < 1.29 is 0 Å². The monoisotopic (exact) mass is 602 g/mol. The molecule has 0 radical (unpaired) electrons. The molecule has 0 spiro atoms. The van der Waals surface area contributed by atoms with Crippen LogP contribution in [0.2, 0.25) is 0 Å². The van der Waals surface area contributed by atoms with E-state index in [4.69, 9.17) is 9.97 Å². The zero-order valence-electron chi connectivity index (χ0n) is 26.1. The van der Waals surface area contributed by atoms with E-state index in [9.17, 15) is 0 Å². The van der Waals surface area contributed by atoms with Gasteiger partial charge in [0.05, 0.1) is 27.8 Å². The number of hydrogen-bond acceptors (Lipinski definition) is 2. The van der Waals surface area contributed by atoms with Gasteiger partial charge in [-0.3, -0.25) is 4.57 Å². The van der Waals surface area contributed by atoms with Crippen molar-refractivity contribution in [3.05, 3.63) is 157 Å². The van der Waals surface area contributed by atoms with Gasteiger partial charge in [-0.05, 0) is 47.5 Å². The fourth-order valence-corrected chi connectivity index (χ4v) is 8.00. The van der Waals surface area contributed by atoms with Crippen LogP contribution in [0, 0.1) is 0 Å². The Morgan fingerprint density at radius 1 is 0.489 bits per heavy atom. The second-order valence-electron chi connectivity index (χ2n) is 13.0. The molecule has 1 aliphatic carbocycles. The minimum absolute atomic E-state index is 0.276. The third-order valence-corrected chi connectivity index (χ3v) is 10.1. The molecule has 0 amide bonds. The molecular formula is C43H30N4. The Morgan fingerprint density at radius 2 is 1.04 bits per heavy atom. The van der Waals surface area contributed by atoms with Crippen LogP contribution >= 0.6 is 0 Å². The Kier molecular flexibility index (Phi) is 5.31. The largest absolute Gasteiger partial charge is 0.309 e. The first-order chi connectivity index (χ1) is 23.1. The van der Waals surface area contributed by atoms with Crippen LogP contribution in [0.5, 0.6) is 0 Å². The van der Waals surface area contributed by atoms with Crippen LogP contribution in [0.1, 0.15) is 25.1 Å². The molecule has 0 fully saturated rings. The topological polar surface area (TPSA) is 35.6 Å². The maximum Gasteiger partial charge on any atom is 0.161 e. The average Bonchev–Trinajstić information content (AvgIpc) is 3.72. The molecule has 0 saturated heterocycles. The maximum atomic E-state index is 5.46. The maximum absolute atomic E-state index is 5.46. The third-order valence-electron chi connectivity index (χ3n) is 10.1. The van der Waals surface area contributed by atoms with Gasteiger partial charge in [0.1, 0.15) is 5.82 Å². The average molecular weight is 603 g/mol. The highest BCUT2D eigenvalue weighted by Crippen LogP contribution is 2.51. The molecule has 9 aromatic rings. The molecule has 4 nitrogen and oxygen atoms in total. The smallest absolute Gasteiger partial charge is 0.161 e. The Balaban J connectivity index is 1.39. The molecule has 0 bridgehead atoms. The molecule has 10 rings (SSSR count). The number of rotatable bonds is 3. The SMILES string of the molecule is CC1(C)c2ccccc2-c2c(-n3c4ccccc4c4c5c6ccccc6n(-c6ccccc6)c5ccc43)nc(-c3ccccc3)nc21. The molecule has 3 aromatic heterocycles. The number of nitrogens with zero attached hydrogens (tertiary/aromatic N) is 4. The third kappa shape index (κ3) is 3.53. The van der Waals surface area contributed by atoms with Gasteiger partial charge in [0.15, 0.2) is 5.82 Å². The lowest BCUT2D eigenvalue weighted by atomic mass is 9.85. The molecule has 0 aliphatic heterocycles. The molecule has 6 aromatic carbocycles. The summed E-state index contributed by atoms with van der Waals surface area (Å²) in [6, 6.07) is 51.9. The second kappa shape index (κ2) is 9.51. The van der Waals surface area contributed by atoms with Crippen LogP contribution in [0.3, 0.4) is 0 Å². The van der Waals surface area contributed by atoms with Gasteiger partial charge in [0, 0.05) is 43.8 Å². The zero-order chi connectivity index (χ0) is 31.3. The lowest BCUT2D eigenvalue weighted by molar-refractivity contribution is 0.635. The van der Waals surface area contributed by atoms with Crippen molar-refractivity contribution in [3.63, 3.8) is 0 Å². The van der Waals surface area contributed by atoms with E-state index < -0.39 is 0 Å². The highest BCUT2D eigenvalue weighted by molar-refractivity contribution is 6.29. The van der Waals surface area contributed by atoms with E-state index in [2.05, 4.69) is 163 Å². The van der Waals surface area contributed by atoms with Crippen LogP contribution in [-0.2, 0) is 5.41 Å². The van der Waals surface area contributed by atoms with Gasteiger partial charge in [-0.1, -0.05) is 123 Å². The molecule has 3 heterocycles. The van der Waals surface area contributed by atoms with Crippen molar-refractivity contribution in [3.8, 4) is 34.0 Å². The first-order valence-electron chi connectivity index (χ1n) is 16.2. The fraction of sp³-hybridized carbons (Fsp3) is 0.0698. The second-order valence-corrected chi connectivity index (χ2v) is 13.0. The van der Waals surface area contributed by atoms with Gasteiger partial charge in [0.25, 0.3) is 0 Å².